The van der Waals surface area contributed by atoms with Gasteiger partial charge in [0.15, 0.2) is 0 Å². The summed E-state index contributed by atoms with van der Waals surface area (Å²) in [4.78, 5) is 28.8. The van der Waals surface area contributed by atoms with Crippen molar-refractivity contribution in [1.82, 2.24) is 30.8 Å². The van der Waals surface area contributed by atoms with Crippen molar-refractivity contribution in [2.45, 2.75) is 25.6 Å². The molecule has 0 aromatic carbocycles. The Morgan fingerprint density at radius 3 is 3.04 bits per heavy atom. The molecular weight excluding hydrogens is 302 g/mol. The molecule has 2 bridgehead atoms. The van der Waals surface area contributed by atoms with Crippen molar-refractivity contribution in [3.63, 3.8) is 0 Å². The molecule has 0 saturated carbocycles. The van der Waals surface area contributed by atoms with Crippen LogP contribution in [0.3, 0.4) is 0 Å². The van der Waals surface area contributed by atoms with Crippen LogP contribution in [0, 0.1) is 0 Å². The van der Waals surface area contributed by atoms with E-state index in [2.05, 4.69) is 26.2 Å². The van der Waals surface area contributed by atoms with Crippen LogP contribution in [0.2, 0.25) is 0 Å². The minimum atomic E-state index is -0.543. The average Bonchev–Trinajstić information content (AvgIpc) is 3.07. The molecule has 2 aliphatic rings. The van der Waals surface area contributed by atoms with Gasteiger partial charge in [-0.25, -0.2) is 4.79 Å². The first-order chi connectivity index (χ1) is 11.1. The number of carbonyl (C=O) groups is 2. The Hall–Kier alpha value is -2.62. The van der Waals surface area contributed by atoms with Gasteiger partial charge < -0.3 is 15.5 Å². The molecule has 3 rings (SSSR count). The largest absolute Gasteiger partial charge is 0.354 e. The van der Waals surface area contributed by atoms with Gasteiger partial charge in [0.2, 0.25) is 5.91 Å². The Morgan fingerprint density at radius 2 is 2.39 bits per heavy atom. The van der Waals surface area contributed by atoms with Crippen molar-refractivity contribution in [2.75, 3.05) is 20.1 Å². The van der Waals surface area contributed by atoms with Gasteiger partial charge in [-0.2, -0.15) is 5.10 Å². The van der Waals surface area contributed by atoms with Crippen LogP contribution < -0.4 is 16.1 Å². The quantitative estimate of drug-likeness (QED) is 0.327. The molecule has 2 atom stereocenters. The SMILES string of the molecule is CN=C(NO)[C@@H]1c2c(cnn2CCNC(C)=O)[C@@H]2CN1C(=O)N2. The standard InChI is InChI=1S/C13H19N7O3/c1-7(21)15-3-4-20-10-8(5-16-20)9-6-19(13(22)17-9)11(10)12(14-2)18-23/h5,9,11,23H,3-4,6H2,1-2H3,(H,14,18)(H,15,21)(H,17,22)/t9-,11-/m0/s1. The molecule has 10 heteroatoms. The maximum atomic E-state index is 12.1. The fourth-order valence-electron chi connectivity index (χ4n) is 3.11. The third-order valence-corrected chi connectivity index (χ3v) is 4.11. The molecule has 1 saturated heterocycles. The smallest absolute Gasteiger partial charge is 0.318 e. The van der Waals surface area contributed by atoms with Crippen LogP contribution in [-0.4, -0.2) is 57.8 Å². The minimum Gasteiger partial charge on any atom is -0.354 e. The number of carbonyl (C=O) groups excluding carboxylic acids is 2. The second-order valence-corrected chi connectivity index (χ2v) is 5.47. The highest BCUT2D eigenvalue weighted by atomic mass is 16.5. The molecule has 23 heavy (non-hydrogen) atoms. The number of aromatic nitrogens is 2. The van der Waals surface area contributed by atoms with E-state index in [1.807, 2.05) is 0 Å². The Morgan fingerprint density at radius 1 is 1.61 bits per heavy atom. The van der Waals surface area contributed by atoms with E-state index in [1.54, 1.807) is 15.8 Å². The summed E-state index contributed by atoms with van der Waals surface area (Å²) in [7, 11) is 1.54. The van der Waals surface area contributed by atoms with Gasteiger partial charge in [0, 0.05) is 32.6 Å². The first kappa shape index (κ1) is 15.3. The lowest BCUT2D eigenvalue weighted by Crippen LogP contribution is -2.44. The Bertz CT molecular complexity index is 669. The lowest BCUT2D eigenvalue weighted by molar-refractivity contribution is -0.118. The Kier molecular flexibility index (Phi) is 3.90. The number of hydrogen-bond donors (Lipinski definition) is 4. The number of fused-ring (bicyclic) bond motifs is 4. The van der Waals surface area contributed by atoms with Crippen LogP contribution >= 0.6 is 0 Å². The first-order valence-corrected chi connectivity index (χ1v) is 7.30. The molecule has 0 spiro atoms. The maximum absolute atomic E-state index is 12.1. The fourth-order valence-corrected chi connectivity index (χ4v) is 3.11. The highest BCUT2D eigenvalue weighted by Crippen LogP contribution is 2.39. The highest BCUT2D eigenvalue weighted by molar-refractivity contribution is 5.93. The number of amides is 3. The summed E-state index contributed by atoms with van der Waals surface area (Å²) in [5.41, 5.74) is 3.76. The number of hydrogen-bond acceptors (Lipinski definition) is 5. The van der Waals surface area contributed by atoms with Gasteiger partial charge in [-0.05, 0) is 0 Å². The van der Waals surface area contributed by atoms with Crippen molar-refractivity contribution in [1.29, 1.82) is 0 Å². The first-order valence-electron chi connectivity index (χ1n) is 7.30. The number of amidine groups is 1. The van der Waals surface area contributed by atoms with Crippen LogP contribution in [0.4, 0.5) is 4.79 Å². The molecule has 0 radical (unpaired) electrons. The molecule has 3 heterocycles. The van der Waals surface area contributed by atoms with Crippen molar-refractivity contribution in [3.05, 3.63) is 17.5 Å². The fraction of sp³-hybridized carbons (Fsp3) is 0.538. The zero-order chi connectivity index (χ0) is 16.6. The van der Waals surface area contributed by atoms with Crippen molar-refractivity contribution < 1.29 is 14.8 Å². The molecule has 0 unspecified atom stereocenters. The van der Waals surface area contributed by atoms with Crippen LogP contribution in [0.25, 0.3) is 0 Å². The van der Waals surface area contributed by atoms with Crippen molar-refractivity contribution >= 4 is 17.8 Å². The van der Waals surface area contributed by atoms with E-state index in [4.69, 9.17) is 0 Å². The molecule has 1 aromatic rings. The van der Waals surface area contributed by atoms with Crippen molar-refractivity contribution in [2.24, 2.45) is 4.99 Å². The van der Waals surface area contributed by atoms with E-state index in [9.17, 15) is 14.8 Å². The summed E-state index contributed by atoms with van der Waals surface area (Å²) in [5.74, 6) is 0.152. The molecule has 1 fully saturated rings. The van der Waals surface area contributed by atoms with E-state index >= 15 is 0 Å². The predicted octanol–water partition coefficient (Wildman–Crippen LogP) is -0.853. The third-order valence-electron chi connectivity index (χ3n) is 4.11. The second-order valence-electron chi connectivity index (χ2n) is 5.47. The topological polar surface area (TPSA) is 124 Å². The highest BCUT2D eigenvalue weighted by Gasteiger charge is 2.46. The minimum absolute atomic E-state index is 0.115. The monoisotopic (exact) mass is 321 g/mol. The molecule has 1 aromatic heterocycles. The lowest BCUT2D eigenvalue weighted by Gasteiger charge is -2.32. The van der Waals surface area contributed by atoms with Crippen LogP contribution in [0.5, 0.6) is 0 Å². The van der Waals surface area contributed by atoms with Gasteiger partial charge in [-0.1, -0.05) is 0 Å². The normalized spacial score (nSPS) is 22.7. The van der Waals surface area contributed by atoms with E-state index in [0.29, 0.717) is 19.6 Å². The molecule has 124 valence electrons. The molecule has 10 nitrogen and oxygen atoms in total. The second kappa shape index (κ2) is 5.88. The average molecular weight is 321 g/mol. The number of hydroxylamine groups is 1. The number of aliphatic imine (C=N–C) groups is 1. The van der Waals surface area contributed by atoms with Crippen molar-refractivity contribution in [3.8, 4) is 0 Å². The summed E-state index contributed by atoms with van der Waals surface area (Å²) < 4.78 is 1.73. The van der Waals surface area contributed by atoms with E-state index in [-0.39, 0.29) is 23.8 Å². The van der Waals surface area contributed by atoms with E-state index in [0.717, 1.165) is 11.3 Å². The van der Waals surface area contributed by atoms with Gasteiger partial charge >= 0.3 is 6.03 Å². The number of nitrogens with zero attached hydrogens (tertiary/aromatic N) is 4. The Balaban J connectivity index is 1.97. The number of nitrogens with one attached hydrogen (secondary N) is 3. The third kappa shape index (κ3) is 2.50. The van der Waals surface area contributed by atoms with Gasteiger partial charge in [-0.15, -0.1) is 0 Å². The molecular formula is C13H19N7O3. The number of urea groups is 1. The van der Waals surface area contributed by atoms with Gasteiger partial charge in [0.25, 0.3) is 0 Å². The predicted molar refractivity (Wildman–Crippen MR) is 79.9 cm³/mol. The Labute approximate surface area is 132 Å². The molecule has 2 aliphatic heterocycles. The molecule has 4 N–H and O–H groups in total. The van der Waals surface area contributed by atoms with E-state index in [1.165, 1.54) is 14.0 Å². The molecule has 3 amide bonds. The lowest BCUT2D eigenvalue weighted by atomic mass is 9.97. The summed E-state index contributed by atoms with van der Waals surface area (Å²) in [5, 5.41) is 19.3. The van der Waals surface area contributed by atoms with Crippen LogP contribution in [-0.2, 0) is 11.3 Å². The summed E-state index contributed by atoms with van der Waals surface area (Å²) in [6, 6.07) is -0.875. The summed E-state index contributed by atoms with van der Waals surface area (Å²) in [6.45, 7) is 2.83. The summed E-state index contributed by atoms with van der Waals surface area (Å²) >= 11 is 0. The van der Waals surface area contributed by atoms with E-state index < -0.39 is 6.04 Å². The summed E-state index contributed by atoms with van der Waals surface area (Å²) in [6.07, 6.45) is 1.72. The van der Waals surface area contributed by atoms with Crippen LogP contribution in [0.1, 0.15) is 30.3 Å². The van der Waals surface area contributed by atoms with Crippen LogP contribution in [0.15, 0.2) is 11.2 Å². The van der Waals surface area contributed by atoms with Gasteiger partial charge in [0.1, 0.15) is 11.9 Å². The number of rotatable bonds is 4. The maximum Gasteiger partial charge on any atom is 0.318 e. The van der Waals surface area contributed by atoms with Gasteiger partial charge in [-0.3, -0.25) is 25.2 Å². The zero-order valence-electron chi connectivity index (χ0n) is 12.9. The molecule has 0 aliphatic carbocycles. The zero-order valence-corrected chi connectivity index (χ0v) is 12.9. The van der Waals surface area contributed by atoms with Gasteiger partial charge in [0.05, 0.1) is 24.5 Å².